The number of nitrogens with zero attached hydrogens (tertiary/aromatic N) is 1. The minimum atomic E-state index is -4.58. The van der Waals surface area contributed by atoms with Crippen molar-refractivity contribution in [1.82, 2.24) is 4.90 Å². The van der Waals surface area contributed by atoms with Crippen LogP contribution in [0.2, 0.25) is 0 Å². The second-order valence-electron chi connectivity index (χ2n) is 7.35. The summed E-state index contributed by atoms with van der Waals surface area (Å²) >= 11 is 0. The van der Waals surface area contributed by atoms with Crippen LogP contribution < -0.4 is 10.0 Å². The zero-order chi connectivity index (χ0) is 23.7. The van der Waals surface area contributed by atoms with E-state index < -0.39 is 52.8 Å². The van der Waals surface area contributed by atoms with Crippen LogP contribution in [0.1, 0.15) is 12.0 Å². The number of aryl methyl sites for hydroxylation is 1. The molecule has 3 rings (SSSR count). The molecule has 0 saturated carbocycles. The second kappa shape index (κ2) is 8.77. The van der Waals surface area contributed by atoms with Crippen molar-refractivity contribution in [3.05, 3.63) is 53.8 Å². The summed E-state index contributed by atoms with van der Waals surface area (Å²) in [7, 11) is -4.21. The number of sulfonamides is 1. The highest BCUT2D eigenvalue weighted by molar-refractivity contribution is 7.92. The van der Waals surface area contributed by atoms with Gasteiger partial charge in [0, 0.05) is 18.7 Å². The molecule has 0 aromatic heterocycles. The number of rotatable bonds is 6. The molecule has 2 aromatic rings. The first kappa shape index (κ1) is 23.5. The average molecular weight is 473 g/mol. The minimum Gasteiger partial charge on any atom is -0.333 e. The second-order valence-corrected chi connectivity index (χ2v) is 9.00. The van der Waals surface area contributed by atoms with Crippen molar-refractivity contribution < 1.29 is 35.6 Å². The lowest BCUT2D eigenvalue weighted by Gasteiger charge is -2.18. The molecule has 2 aromatic carbocycles. The van der Waals surface area contributed by atoms with Crippen molar-refractivity contribution in [2.75, 3.05) is 23.1 Å². The number of carbonyl (C=O) groups is 2. The van der Waals surface area contributed by atoms with Gasteiger partial charge in [0.15, 0.2) is 0 Å². The number of hydrogen-bond acceptors (Lipinski definition) is 4. The first-order valence-corrected chi connectivity index (χ1v) is 10.9. The molecule has 2 amide bonds. The third kappa shape index (κ3) is 5.55. The first-order valence-electron chi connectivity index (χ1n) is 9.39. The molecular weight excluding hydrogens is 454 g/mol. The highest BCUT2D eigenvalue weighted by Gasteiger charge is 2.40. The number of carbonyl (C=O) groups excluding carboxylic acids is 2. The number of anilines is 2. The van der Waals surface area contributed by atoms with E-state index in [0.717, 1.165) is 12.1 Å². The van der Waals surface area contributed by atoms with Crippen LogP contribution in [0.4, 0.5) is 28.9 Å². The zero-order valence-electron chi connectivity index (χ0n) is 16.7. The number of benzene rings is 2. The van der Waals surface area contributed by atoms with Crippen LogP contribution >= 0.6 is 0 Å². The molecule has 32 heavy (non-hydrogen) atoms. The van der Waals surface area contributed by atoms with E-state index in [1.165, 1.54) is 37.3 Å². The van der Waals surface area contributed by atoms with Gasteiger partial charge in [0.25, 0.3) is 10.0 Å². The SMILES string of the molecule is Cc1ccc(NC(=O)C2CC(=O)N(CC(F)(F)F)C2)cc1S(=O)(=O)Nc1ccccc1F. The van der Waals surface area contributed by atoms with Crippen LogP contribution in [-0.2, 0) is 19.6 Å². The number of nitrogens with one attached hydrogen (secondary N) is 2. The summed E-state index contributed by atoms with van der Waals surface area (Å²) in [6, 6.07) is 9.18. The standard InChI is InChI=1S/C20H19F4N3O4S/c1-12-6-7-14(9-17(12)32(30,31)26-16-5-3-2-4-15(16)21)25-19(29)13-8-18(28)27(10-13)11-20(22,23)24/h2-7,9,13,26H,8,10-11H2,1H3,(H,25,29). The first-order chi connectivity index (χ1) is 14.9. The van der Waals surface area contributed by atoms with Gasteiger partial charge in [0.1, 0.15) is 12.4 Å². The van der Waals surface area contributed by atoms with Crippen molar-refractivity contribution in [3.63, 3.8) is 0 Å². The topological polar surface area (TPSA) is 95.6 Å². The highest BCUT2D eigenvalue weighted by Crippen LogP contribution is 2.27. The Kier molecular flexibility index (Phi) is 6.44. The van der Waals surface area contributed by atoms with Crippen LogP contribution in [0.25, 0.3) is 0 Å². The Morgan fingerprint density at radius 3 is 2.53 bits per heavy atom. The zero-order valence-corrected chi connectivity index (χ0v) is 17.6. The van der Waals surface area contributed by atoms with E-state index in [9.17, 15) is 35.6 Å². The molecule has 1 heterocycles. The summed E-state index contributed by atoms with van der Waals surface area (Å²) in [5, 5.41) is 2.44. The molecule has 1 atom stereocenters. The predicted molar refractivity (Wildman–Crippen MR) is 108 cm³/mol. The minimum absolute atomic E-state index is 0.0660. The number of hydrogen-bond donors (Lipinski definition) is 2. The molecule has 0 spiro atoms. The molecular formula is C20H19F4N3O4S. The van der Waals surface area contributed by atoms with Crippen LogP contribution in [0, 0.1) is 18.7 Å². The fraction of sp³-hybridized carbons (Fsp3) is 0.300. The molecule has 1 fully saturated rings. The van der Waals surface area contributed by atoms with Gasteiger partial charge in [-0.1, -0.05) is 18.2 Å². The van der Waals surface area contributed by atoms with Gasteiger partial charge in [0.05, 0.1) is 16.5 Å². The van der Waals surface area contributed by atoms with Crippen molar-refractivity contribution in [2.24, 2.45) is 5.92 Å². The number of likely N-dealkylation sites (tertiary alicyclic amines) is 1. The highest BCUT2D eigenvalue weighted by atomic mass is 32.2. The number of halogens is 4. The van der Waals surface area contributed by atoms with Gasteiger partial charge in [-0.15, -0.1) is 0 Å². The maximum Gasteiger partial charge on any atom is 0.406 e. The molecule has 12 heteroatoms. The van der Waals surface area contributed by atoms with E-state index in [1.54, 1.807) is 0 Å². The van der Waals surface area contributed by atoms with Gasteiger partial charge in [-0.25, -0.2) is 12.8 Å². The van der Waals surface area contributed by atoms with E-state index in [-0.39, 0.29) is 22.7 Å². The van der Waals surface area contributed by atoms with Crippen molar-refractivity contribution in [2.45, 2.75) is 24.4 Å². The van der Waals surface area contributed by atoms with E-state index in [1.807, 2.05) is 0 Å². The fourth-order valence-corrected chi connectivity index (χ4v) is 4.61. The average Bonchev–Trinajstić information content (AvgIpc) is 3.04. The van der Waals surface area contributed by atoms with Gasteiger partial charge in [-0.05, 0) is 36.8 Å². The van der Waals surface area contributed by atoms with Crippen LogP contribution in [0.3, 0.4) is 0 Å². The van der Waals surface area contributed by atoms with Gasteiger partial charge in [-0.3, -0.25) is 14.3 Å². The van der Waals surface area contributed by atoms with Gasteiger partial charge in [0.2, 0.25) is 11.8 Å². The lowest BCUT2D eigenvalue weighted by atomic mass is 10.1. The summed E-state index contributed by atoms with van der Waals surface area (Å²) in [6.07, 6.45) is -4.96. The Bertz CT molecular complexity index is 1150. The summed E-state index contributed by atoms with van der Waals surface area (Å²) in [5.41, 5.74) is 0.131. The molecule has 1 unspecified atom stereocenters. The van der Waals surface area contributed by atoms with Gasteiger partial charge in [-0.2, -0.15) is 13.2 Å². The Morgan fingerprint density at radius 1 is 1.19 bits per heavy atom. The van der Waals surface area contributed by atoms with Crippen molar-refractivity contribution in [1.29, 1.82) is 0 Å². The Labute approximate surface area is 181 Å². The maximum absolute atomic E-state index is 13.8. The third-order valence-electron chi connectivity index (χ3n) is 4.82. The summed E-state index contributed by atoms with van der Waals surface area (Å²) in [5.74, 6) is -3.28. The third-order valence-corrected chi connectivity index (χ3v) is 6.33. The Morgan fingerprint density at radius 2 is 1.88 bits per heavy atom. The van der Waals surface area contributed by atoms with Crippen LogP contribution in [0.5, 0.6) is 0 Å². The lowest BCUT2D eigenvalue weighted by molar-refractivity contribution is -0.157. The number of para-hydroxylation sites is 1. The van der Waals surface area contributed by atoms with Crippen molar-refractivity contribution >= 4 is 33.2 Å². The van der Waals surface area contributed by atoms with Crippen LogP contribution in [-0.4, -0.2) is 44.4 Å². The number of alkyl halides is 3. The number of amides is 2. The summed E-state index contributed by atoms with van der Waals surface area (Å²) < 4.78 is 79.1. The molecule has 7 nitrogen and oxygen atoms in total. The molecule has 1 saturated heterocycles. The van der Waals surface area contributed by atoms with E-state index in [4.69, 9.17) is 0 Å². The molecule has 172 valence electrons. The summed E-state index contributed by atoms with van der Waals surface area (Å²) in [6.45, 7) is -0.327. The van der Waals surface area contributed by atoms with E-state index >= 15 is 0 Å². The fourth-order valence-electron chi connectivity index (χ4n) is 3.27. The largest absolute Gasteiger partial charge is 0.406 e. The monoisotopic (exact) mass is 473 g/mol. The maximum atomic E-state index is 13.8. The molecule has 0 bridgehead atoms. The quantitative estimate of drug-likeness (QED) is 0.630. The molecule has 0 aliphatic carbocycles. The predicted octanol–water partition coefficient (Wildman–Crippen LogP) is 3.28. The molecule has 2 N–H and O–H groups in total. The Balaban J connectivity index is 1.75. The van der Waals surface area contributed by atoms with E-state index in [0.29, 0.717) is 10.5 Å². The van der Waals surface area contributed by atoms with Gasteiger partial charge < -0.3 is 10.2 Å². The molecule has 1 aliphatic rings. The van der Waals surface area contributed by atoms with E-state index in [2.05, 4.69) is 10.0 Å². The van der Waals surface area contributed by atoms with Gasteiger partial charge >= 0.3 is 6.18 Å². The van der Waals surface area contributed by atoms with Crippen molar-refractivity contribution in [3.8, 4) is 0 Å². The summed E-state index contributed by atoms with van der Waals surface area (Å²) in [4.78, 5) is 24.6. The van der Waals surface area contributed by atoms with Crippen LogP contribution in [0.15, 0.2) is 47.4 Å². The Hall–Kier alpha value is -3.15. The normalized spacial score (nSPS) is 16.8. The molecule has 0 radical (unpaired) electrons. The lowest BCUT2D eigenvalue weighted by Crippen LogP contribution is -2.36. The molecule has 1 aliphatic heterocycles. The smallest absolute Gasteiger partial charge is 0.333 e.